The molecule has 0 aliphatic heterocycles. The number of hydrogen-bond donors (Lipinski definition) is 1. The first-order valence-electron chi connectivity index (χ1n) is 5.92. The molecular formula is C13H20O3S. The summed E-state index contributed by atoms with van der Waals surface area (Å²) < 4.78 is 4.76. The molecule has 1 aromatic rings. The summed E-state index contributed by atoms with van der Waals surface area (Å²) in [4.78, 5) is 13.6. The smallest absolute Gasteiger partial charge is 0.311 e. The molecule has 0 aliphatic rings. The van der Waals surface area contributed by atoms with Gasteiger partial charge in [-0.2, -0.15) is 0 Å². The van der Waals surface area contributed by atoms with Crippen LogP contribution in [0.15, 0.2) is 12.1 Å². The first-order chi connectivity index (χ1) is 8.10. The monoisotopic (exact) mass is 256 g/mol. The third-order valence-electron chi connectivity index (χ3n) is 2.81. The highest BCUT2D eigenvalue weighted by Gasteiger charge is 2.29. The lowest BCUT2D eigenvalue weighted by atomic mass is 9.95. The van der Waals surface area contributed by atoms with E-state index < -0.39 is 12.0 Å². The Balaban J connectivity index is 2.78. The minimum absolute atomic E-state index is 0.322. The number of hydrogen-bond acceptors (Lipinski definition) is 4. The van der Waals surface area contributed by atoms with Gasteiger partial charge in [-0.1, -0.05) is 19.8 Å². The predicted octanol–water partition coefficient (Wildman–Crippen LogP) is 3.07. The van der Waals surface area contributed by atoms with Gasteiger partial charge in [0.05, 0.1) is 13.0 Å². The lowest BCUT2D eigenvalue weighted by molar-refractivity contribution is -0.150. The summed E-state index contributed by atoms with van der Waals surface area (Å²) in [6.45, 7) is 4.05. The Bertz CT molecular complexity index is 359. The van der Waals surface area contributed by atoms with Crippen LogP contribution < -0.4 is 0 Å². The van der Waals surface area contributed by atoms with Crippen molar-refractivity contribution in [2.24, 2.45) is 5.92 Å². The largest absolute Gasteiger partial charge is 0.469 e. The lowest BCUT2D eigenvalue weighted by Crippen LogP contribution is -2.23. The van der Waals surface area contributed by atoms with Gasteiger partial charge in [0, 0.05) is 9.75 Å². The molecule has 2 unspecified atom stereocenters. The molecule has 0 aromatic carbocycles. The molecule has 4 heteroatoms. The number of esters is 1. The van der Waals surface area contributed by atoms with Crippen molar-refractivity contribution >= 4 is 17.3 Å². The van der Waals surface area contributed by atoms with Crippen LogP contribution in [0.4, 0.5) is 0 Å². The van der Waals surface area contributed by atoms with Crippen molar-refractivity contribution in [2.75, 3.05) is 7.11 Å². The molecule has 0 radical (unpaired) electrons. The number of rotatable bonds is 6. The van der Waals surface area contributed by atoms with Crippen molar-refractivity contribution in [3.8, 4) is 0 Å². The Kier molecular flexibility index (Phi) is 5.65. The van der Waals surface area contributed by atoms with E-state index >= 15 is 0 Å². The van der Waals surface area contributed by atoms with Crippen molar-refractivity contribution in [1.29, 1.82) is 0 Å². The molecule has 3 nitrogen and oxygen atoms in total. The third-order valence-corrected chi connectivity index (χ3v) is 3.88. The van der Waals surface area contributed by atoms with Crippen LogP contribution in [0.25, 0.3) is 0 Å². The highest BCUT2D eigenvalue weighted by atomic mass is 32.1. The highest BCUT2D eigenvalue weighted by Crippen LogP contribution is 2.31. The molecule has 0 spiro atoms. The van der Waals surface area contributed by atoms with Crippen LogP contribution >= 0.6 is 11.3 Å². The van der Waals surface area contributed by atoms with Gasteiger partial charge in [-0.05, 0) is 25.5 Å². The summed E-state index contributed by atoms with van der Waals surface area (Å²) >= 11 is 1.53. The fourth-order valence-electron chi connectivity index (χ4n) is 1.79. The van der Waals surface area contributed by atoms with Gasteiger partial charge in [-0.15, -0.1) is 11.3 Å². The summed E-state index contributed by atoms with van der Waals surface area (Å²) in [6, 6.07) is 3.84. The van der Waals surface area contributed by atoms with Crippen molar-refractivity contribution < 1.29 is 14.6 Å². The minimum Gasteiger partial charge on any atom is -0.469 e. The molecule has 1 N–H and O–H groups in total. The Morgan fingerprint density at radius 2 is 2.24 bits per heavy atom. The van der Waals surface area contributed by atoms with Crippen molar-refractivity contribution in [3.05, 3.63) is 21.9 Å². The molecule has 0 fully saturated rings. The fourth-order valence-corrected chi connectivity index (χ4v) is 2.72. The van der Waals surface area contributed by atoms with E-state index in [0.29, 0.717) is 6.42 Å². The van der Waals surface area contributed by atoms with Crippen LogP contribution in [-0.4, -0.2) is 18.2 Å². The molecule has 17 heavy (non-hydrogen) atoms. The molecule has 1 rings (SSSR count). The quantitative estimate of drug-likeness (QED) is 0.796. The average Bonchev–Trinajstić information content (AvgIpc) is 2.75. The molecule has 0 saturated heterocycles. The van der Waals surface area contributed by atoms with Gasteiger partial charge in [0.2, 0.25) is 0 Å². The summed E-state index contributed by atoms with van der Waals surface area (Å²) in [6.07, 6.45) is 1.85. The van der Waals surface area contributed by atoms with E-state index in [2.05, 4.69) is 6.92 Å². The van der Waals surface area contributed by atoms with Crippen molar-refractivity contribution in [3.63, 3.8) is 0 Å². The topological polar surface area (TPSA) is 46.5 Å². The Morgan fingerprint density at radius 1 is 1.53 bits per heavy atom. The summed E-state index contributed by atoms with van der Waals surface area (Å²) in [5.41, 5.74) is 0. The molecule has 2 atom stereocenters. The second-order valence-corrected chi connectivity index (χ2v) is 5.48. The molecular weight excluding hydrogens is 236 g/mol. The average molecular weight is 256 g/mol. The summed E-state index contributed by atoms with van der Waals surface area (Å²) in [7, 11) is 1.37. The van der Waals surface area contributed by atoms with Crippen LogP contribution in [-0.2, 0) is 9.53 Å². The molecule has 0 bridgehead atoms. The molecule has 0 saturated carbocycles. The zero-order valence-electron chi connectivity index (χ0n) is 10.6. The molecule has 96 valence electrons. The van der Waals surface area contributed by atoms with Crippen LogP contribution in [0.5, 0.6) is 0 Å². The van der Waals surface area contributed by atoms with E-state index in [1.54, 1.807) is 0 Å². The van der Waals surface area contributed by atoms with Gasteiger partial charge in [0.25, 0.3) is 0 Å². The maximum absolute atomic E-state index is 11.7. The number of carbonyl (C=O) groups is 1. The molecule has 1 aromatic heterocycles. The fraction of sp³-hybridized carbons (Fsp3) is 0.615. The van der Waals surface area contributed by atoms with E-state index in [9.17, 15) is 9.90 Å². The van der Waals surface area contributed by atoms with Gasteiger partial charge >= 0.3 is 5.97 Å². The SMILES string of the molecule is CCCCC(C(=O)OC)C(O)c1ccc(C)s1. The standard InChI is InChI=1S/C13H20O3S/c1-4-5-6-10(13(15)16-3)12(14)11-8-7-9(2)17-11/h7-8,10,12,14H,4-6H2,1-3H3. The van der Waals surface area contributed by atoms with Crippen LogP contribution in [0, 0.1) is 12.8 Å². The van der Waals surface area contributed by atoms with Gasteiger partial charge in [-0.25, -0.2) is 0 Å². The van der Waals surface area contributed by atoms with E-state index in [-0.39, 0.29) is 5.97 Å². The predicted molar refractivity (Wildman–Crippen MR) is 69.0 cm³/mol. The van der Waals surface area contributed by atoms with Crippen LogP contribution in [0.1, 0.15) is 42.0 Å². The van der Waals surface area contributed by atoms with E-state index in [4.69, 9.17) is 4.74 Å². The van der Waals surface area contributed by atoms with Crippen LogP contribution in [0.3, 0.4) is 0 Å². The zero-order chi connectivity index (χ0) is 12.8. The number of unbranched alkanes of at least 4 members (excludes halogenated alkanes) is 1. The number of methoxy groups -OCH3 is 1. The van der Waals surface area contributed by atoms with Gasteiger partial charge in [-0.3, -0.25) is 4.79 Å². The number of ether oxygens (including phenoxy) is 1. The van der Waals surface area contributed by atoms with Crippen LogP contribution in [0.2, 0.25) is 0 Å². The Hall–Kier alpha value is -0.870. The lowest BCUT2D eigenvalue weighted by Gasteiger charge is -2.19. The minimum atomic E-state index is -0.743. The number of thiophene rings is 1. The second kappa shape index (κ2) is 6.77. The van der Waals surface area contributed by atoms with Gasteiger partial charge < -0.3 is 9.84 Å². The summed E-state index contributed by atoms with van der Waals surface area (Å²) in [5.74, 6) is -0.769. The number of aliphatic hydroxyl groups is 1. The van der Waals surface area contributed by atoms with E-state index in [0.717, 1.165) is 22.6 Å². The van der Waals surface area contributed by atoms with Gasteiger partial charge in [0.15, 0.2) is 0 Å². The maximum Gasteiger partial charge on any atom is 0.311 e. The number of carbonyl (C=O) groups excluding carboxylic acids is 1. The first kappa shape index (κ1) is 14.2. The normalized spacial score (nSPS) is 14.4. The first-order valence-corrected chi connectivity index (χ1v) is 6.74. The molecule has 0 amide bonds. The molecule has 0 aliphatic carbocycles. The zero-order valence-corrected chi connectivity index (χ0v) is 11.4. The third kappa shape index (κ3) is 3.82. The van der Waals surface area contributed by atoms with E-state index in [1.807, 2.05) is 19.1 Å². The maximum atomic E-state index is 11.7. The Morgan fingerprint density at radius 3 is 2.71 bits per heavy atom. The highest BCUT2D eigenvalue weighted by molar-refractivity contribution is 7.12. The Labute approximate surface area is 106 Å². The number of aryl methyl sites for hydroxylation is 1. The molecule has 1 heterocycles. The number of aliphatic hydroxyl groups excluding tert-OH is 1. The van der Waals surface area contributed by atoms with E-state index in [1.165, 1.54) is 18.4 Å². The summed E-state index contributed by atoms with van der Waals surface area (Å²) in [5, 5.41) is 10.2. The van der Waals surface area contributed by atoms with Crippen molar-refractivity contribution in [1.82, 2.24) is 0 Å². The van der Waals surface area contributed by atoms with Crippen molar-refractivity contribution in [2.45, 2.75) is 39.2 Å². The second-order valence-electron chi connectivity index (χ2n) is 4.17. The van der Waals surface area contributed by atoms with Gasteiger partial charge in [0.1, 0.15) is 6.10 Å².